The minimum atomic E-state index is -0.804. The van der Waals surface area contributed by atoms with Crippen LogP contribution in [0.1, 0.15) is 38.4 Å². The molecule has 1 N–H and O–H groups in total. The number of likely N-dealkylation sites (tertiary alicyclic amines) is 1. The van der Waals surface area contributed by atoms with Gasteiger partial charge in [0.25, 0.3) is 0 Å². The van der Waals surface area contributed by atoms with Crippen LogP contribution in [-0.4, -0.2) is 45.1 Å². The summed E-state index contributed by atoms with van der Waals surface area (Å²) in [4.78, 5) is 28.7. The molecule has 0 saturated carbocycles. The van der Waals surface area contributed by atoms with Crippen molar-refractivity contribution < 1.29 is 19.2 Å². The van der Waals surface area contributed by atoms with E-state index >= 15 is 0 Å². The van der Waals surface area contributed by atoms with Crippen LogP contribution in [-0.2, 0) is 22.4 Å². The molecule has 7 heteroatoms. The van der Waals surface area contributed by atoms with Crippen molar-refractivity contribution in [1.82, 2.24) is 15.0 Å². The second kappa shape index (κ2) is 6.69. The molecule has 0 spiro atoms. The van der Waals surface area contributed by atoms with Gasteiger partial charge >= 0.3 is 5.97 Å². The molecule has 1 aliphatic rings. The molecule has 2 heterocycles. The van der Waals surface area contributed by atoms with Gasteiger partial charge in [0, 0.05) is 38.3 Å². The number of aliphatic carboxylic acids is 1. The highest BCUT2D eigenvalue weighted by atomic mass is 16.5. The van der Waals surface area contributed by atoms with E-state index in [0.717, 1.165) is 12.8 Å². The third-order valence-electron chi connectivity index (χ3n) is 3.90. The van der Waals surface area contributed by atoms with Gasteiger partial charge in [-0.15, -0.1) is 0 Å². The molecule has 1 saturated heterocycles. The SMILES string of the molecule is CCCc1noc(CCC(=O)N2CC(C(C)C(=O)O)C2)n1. The van der Waals surface area contributed by atoms with Gasteiger partial charge in [-0.1, -0.05) is 19.0 Å². The highest BCUT2D eigenvalue weighted by Crippen LogP contribution is 2.24. The number of aryl methyl sites for hydroxylation is 2. The summed E-state index contributed by atoms with van der Waals surface area (Å²) in [6.07, 6.45) is 2.49. The second-order valence-corrected chi connectivity index (χ2v) is 5.54. The summed E-state index contributed by atoms with van der Waals surface area (Å²) in [5.74, 6) is 0.0371. The normalized spacial score (nSPS) is 16.6. The molecule has 1 amide bonds. The number of aromatic nitrogens is 2. The van der Waals surface area contributed by atoms with Crippen molar-refractivity contribution in [1.29, 1.82) is 0 Å². The van der Waals surface area contributed by atoms with Crippen LogP contribution in [0.5, 0.6) is 0 Å². The van der Waals surface area contributed by atoms with Crippen molar-refractivity contribution >= 4 is 11.9 Å². The van der Waals surface area contributed by atoms with Gasteiger partial charge in [-0.3, -0.25) is 9.59 Å². The molecule has 2 rings (SSSR count). The fourth-order valence-corrected chi connectivity index (χ4v) is 2.32. The third kappa shape index (κ3) is 3.80. The highest BCUT2D eigenvalue weighted by molar-refractivity contribution is 5.78. The average Bonchev–Trinajstić information content (AvgIpc) is 2.82. The zero-order chi connectivity index (χ0) is 15.4. The standard InChI is InChI=1S/C14H21N3O4/c1-3-4-11-15-12(21-16-11)5-6-13(18)17-7-10(8-17)9(2)14(19)20/h9-10H,3-8H2,1-2H3,(H,19,20). The number of carbonyl (C=O) groups excluding carboxylic acids is 1. The maximum atomic E-state index is 12.0. The van der Waals surface area contributed by atoms with Crippen LogP contribution in [0.2, 0.25) is 0 Å². The Morgan fingerprint density at radius 3 is 2.76 bits per heavy atom. The maximum Gasteiger partial charge on any atom is 0.306 e. The Bertz CT molecular complexity index is 508. The highest BCUT2D eigenvalue weighted by Gasteiger charge is 2.36. The van der Waals surface area contributed by atoms with Crippen LogP contribution in [0, 0.1) is 11.8 Å². The number of carbonyl (C=O) groups is 2. The van der Waals surface area contributed by atoms with Crippen molar-refractivity contribution in [2.45, 2.75) is 39.5 Å². The molecule has 116 valence electrons. The number of amides is 1. The molecule has 1 aromatic rings. The number of rotatable bonds is 7. The minimum absolute atomic E-state index is 0.0130. The Morgan fingerprint density at radius 1 is 1.43 bits per heavy atom. The van der Waals surface area contributed by atoms with E-state index in [1.54, 1.807) is 11.8 Å². The van der Waals surface area contributed by atoms with Crippen LogP contribution in [0.4, 0.5) is 0 Å². The summed E-state index contributed by atoms with van der Waals surface area (Å²) in [5.41, 5.74) is 0. The summed E-state index contributed by atoms with van der Waals surface area (Å²) >= 11 is 0. The molecule has 1 atom stereocenters. The van der Waals surface area contributed by atoms with Crippen LogP contribution in [0.15, 0.2) is 4.52 Å². The second-order valence-electron chi connectivity index (χ2n) is 5.54. The Labute approximate surface area is 123 Å². The third-order valence-corrected chi connectivity index (χ3v) is 3.90. The van der Waals surface area contributed by atoms with Crippen molar-refractivity contribution in [3.05, 3.63) is 11.7 Å². The van der Waals surface area contributed by atoms with Crippen LogP contribution >= 0.6 is 0 Å². The lowest BCUT2D eigenvalue weighted by atomic mass is 9.87. The topological polar surface area (TPSA) is 96.5 Å². The van der Waals surface area contributed by atoms with E-state index in [2.05, 4.69) is 10.1 Å². The Kier molecular flexibility index (Phi) is 4.93. The molecule has 0 aromatic carbocycles. The lowest BCUT2D eigenvalue weighted by Gasteiger charge is -2.41. The van der Waals surface area contributed by atoms with E-state index in [4.69, 9.17) is 9.63 Å². The minimum Gasteiger partial charge on any atom is -0.481 e. The number of nitrogens with zero attached hydrogens (tertiary/aromatic N) is 3. The largest absolute Gasteiger partial charge is 0.481 e. The summed E-state index contributed by atoms with van der Waals surface area (Å²) in [6, 6.07) is 0. The van der Waals surface area contributed by atoms with Crippen molar-refractivity contribution in [3.63, 3.8) is 0 Å². The lowest BCUT2D eigenvalue weighted by Crippen LogP contribution is -2.53. The quantitative estimate of drug-likeness (QED) is 0.810. The summed E-state index contributed by atoms with van der Waals surface area (Å²) in [7, 11) is 0. The Balaban J connectivity index is 1.72. The molecule has 0 bridgehead atoms. The number of hydrogen-bond donors (Lipinski definition) is 1. The van der Waals surface area contributed by atoms with Crippen molar-refractivity contribution in [2.75, 3.05) is 13.1 Å². The van der Waals surface area contributed by atoms with Crippen LogP contribution in [0.3, 0.4) is 0 Å². The molecular formula is C14H21N3O4. The number of carboxylic acids is 1. The summed E-state index contributed by atoms with van der Waals surface area (Å²) in [6.45, 7) is 4.77. The summed E-state index contributed by atoms with van der Waals surface area (Å²) in [5, 5.41) is 12.8. The first-order valence-electron chi connectivity index (χ1n) is 7.33. The molecular weight excluding hydrogens is 274 g/mol. The fraction of sp³-hybridized carbons (Fsp3) is 0.714. The molecule has 0 aliphatic carbocycles. The fourth-order valence-electron chi connectivity index (χ4n) is 2.32. The molecule has 7 nitrogen and oxygen atoms in total. The predicted octanol–water partition coefficient (Wildman–Crippen LogP) is 1.13. The summed E-state index contributed by atoms with van der Waals surface area (Å²) < 4.78 is 5.08. The smallest absolute Gasteiger partial charge is 0.306 e. The first-order valence-corrected chi connectivity index (χ1v) is 7.33. The van der Waals surface area contributed by atoms with Crippen LogP contribution in [0.25, 0.3) is 0 Å². The van der Waals surface area contributed by atoms with Gasteiger partial charge < -0.3 is 14.5 Å². The van der Waals surface area contributed by atoms with Crippen molar-refractivity contribution in [3.8, 4) is 0 Å². The van der Waals surface area contributed by atoms with Gasteiger partial charge in [-0.2, -0.15) is 4.98 Å². The van der Waals surface area contributed by atoms with E-state index in [-0.39, 0.29) is 11.8 Å². The van der Waals surface area contributed by atoms with E-state index in [1.165, 1.54) is 0 Å². The van der Waals surface area contributed by atoms with E-state index < -0.39 is 11.9 Å². The number of hydrogen-bond acceptors (Lipinski definition) is 5. The van der Waals surface area contributed by atoms with Gasteiger partial charge in [0.2, 0.25) is 11.8 Å². The molecule has 1 aromatic heterocycles. The molecule has 21 heavy (non-hydrogen) atoms. The zero-order valence-corrected chi connectivity index (χ0v) is 12.4. The molecule has 1 unspecified atom stereocenters. The number of carboxylic acid groups (broad SMARTS) is 1. The van der Waals surface area contributed by atoms with Gasteiger partial charge in [0.1, 0.15) is 0 Å². The van der Waals surface area contributed by atoms with Gasteiger partial charge in [0.05, 0.1) is 5.92 Å². The Morgan fingerprint density at radius 2 is 2.14 bits per heavy atom. The Hall–Kier alpha value is -1.92. The monoisotopic (exact) mass is 295 g/mol. The molecule has 1 fully saturated rings. The first-order chi connectivity index (χ1) is 10.0. The van der Waals surface area contributed by atoms with Gasteiger partial charge in [-0.05, 0) is 6.42 Å². The predicted molar refractivity (Wildman–Crippen MR) is 73.5 cm³/mol. The van der Waals surface area contributed by atoms with E-state index in [0.29, 0.717) is 37.6 Å². The average molecular weight is 295 g/mol. The molecule has 0 radical (unpaired) electrons. The van der Waals surface area contributed by atoms with E-state index in [1.807, 2.05) is 6.92 Å². The first kappa shape index (κ1) is 15.5. The van der Waals surface area contributed by atoms with Crippen molar-refractivity contribution in [2.24, 2.45) is 11.8 Å². The van der Waals surface area contributed by atoms with E-state index in [9.17, 15) is 9.59 Å². The van der Waals surface area contributed by atoms with Gasteiger partial charge in [-0.25, -0.2) is 0 Å². The van der Waals surface area contributed by atoms with Gasteiger partial charge in [0.15, 0.2) is 5.82 Å². The molecule has 1 aliphatic heterocycles. The van der Waals surface area contributed by atoms with Crippen LogP contribution < -0.4 is 0 Å². The zero-order valence-electron chi connectivity index (χ0n) is 12.4. The maximum absolute atomic E-state index is 12.0. The lowest BCUT2D eigenvalue weighted by molar-refractivity contribution is -0.150.